The molecule has 0 radical (unpaired) electrons. The van der Waals surface area contributed by atoms with Crippen LogP contribution in [-0.4, -0.2) is 55.3 Å². The Balaban J connectivity index is 1.99. The minimum absolute atomic E-state index is 0.359. The van der Waals surface area contributed by atoms with Gasteiger partial charge in [0.05, 0.1) is 36.6 Å². The molecule has 7 nitrogen and oxygen atoms in total. The number of anilines is 1. The van der Waals surface area contributed by atoms with Crippen molar-refractivity contribution in [1.29, 1.82) is 0 Å². The fourth-order valence-corrected chi connectivity index (χ4v) is 4.36. The fraction of sp³-hybridized carbons (Fsp3) is 0.350. The molecule has 0 saturated carbocycles. The van der Waals surface area contributed by atoms with E-state index in [1.54, 1.807) is 26.5 Å². The van der Waals surface area contributed by atoms with Gasteiger partial charge in [0.2, 0.25) is 0 Å². The van der Waals surface area contributed by atoms with E-state index in [4.69, 9.17) is 47.4 Å². The lowest BCUT2D eigenvalue weighted by Crippen LogP contribution is -2.34. The molecule has 10 heteroatoms. The number of aromatic nitrogens is 3. The van der Waals surface area contributed by atoms with Crippen LogP contribution in [0.15, 0.2) is 23.5 Å². The van der Waals surface area contributed by atoms with Crippen LogP contribution in [0.1, 0.15) is 6.42 Å². The molecule has 4 rings (SSSR count). The van der Waals surface area contributed by atoms with Crippen molar-refractivity contribution < 1.29 is 14.2 Å². The lowest BCUT2D eigenvalue weighted by atomic mass is 10.1. The molecule has 30 heavy (non-hydrogen) atoms. The normalized spacial score (nSPS) is 14.2. The van der Waals surface area contributed by atoms with Crippen LogP contribution in [0, 0.1) is 0 Å². The number of hydrogen-bond acceptors (Lipinski definition) is 8. The van der Waals surface area contributed by atoms with Gasteiger partial charge in [-0.3, -0.25) is 0 Å². The first-order valence-electron chi connectivity index (χ1n) is 9.22. The number of pyridine rings is 1. The second-order valence-electron chi connectivity index (χ2n) is 6.56. The summed E-state index contributed by atoms with van der Waals surface area (Å²) in [4.78, 5) is 16.1. The third kappa shape index (κ3) is 3.85. The van der Waals surface area contributed by atoms with Gasteiger partial charge in [-0.15, -0.1) is 0 Å². The van der Waals surface area contributed by atoms with Crippen LogP contribution in [0.25, 0.3) is 22.2 Å². The number of thioether (sulfide) groups is 1. The molecule has 0 amide bonds. The highest BCUT2D eigenvalue weighted by Gasteiger charge is 2.24. The summed E-state index contributed by atoms with van der Waals surface area (Å²) in [5, 5.41) is 2.22. The number of ether oxygens (including phenoxy) is 3. The van der Waals surface area contributed by atoms with Crippen molar-refractivity contribution in [2.75, 3.05) is 45.3 Å². The molecule has 3 aromatic rings. The Morgan fingerprint density at radius 3 is 2.43 bits per heavy atom. The minimum atomic E-state index is 0.359. The zero-order valence-electron chi connectivity index (χ0n) is 16.7. The van der Waals surface area contributed by atoms with E-state index < -0.39 is 0 Å². The van der Waals surface area contributed by atoms with E-state index in [2.05, 4.69) is 9.88 Å². The molecule has 2 aromatic heterocycles. The Kier molecular flexibility index (Phi) is 6.38. The standard InChI is InChI=1S/C20H20Cl2N4O3S/c1-27-13-8-14(28-2)17(22)15(16(13)21)12-7-11-9-23-20(30-3)25-18(11)19(24-12)26-5-4-6-29-10-26/h7-9H,4-6,10H2,1-3H3. The molecule has 0 aliphatic carbocycles. The smallest absolute Gasteiger partial charge is 0.187 e. The topological polar surface area (TPSA) is 69.6 Å². The van der Waals surface area contributed by atoms with Gasteiger partial charge in [-0.25, -0.2) is 15.0 Å². The van der Waals surface area contributed by atoms with E-state index in [1.165, 1.54) is 11.8 Å². The summed E-state index contributed by atoms with van der Waals surface area (Å²) < 4.78 is 16.5. The van der Waals surface area contributed by atoms with Crippen molar-refractivity contribution in [1.82, 2.24) is 15.0 Å². The Labute approximate surface area is 188 Å². The monoisotopic (exact) mass is 466 g/mol. The number of fused-ring (bicyclic) bond motifs is 1. The van der Waals surface area contributed by atoms with Crippen LogP contribution in [0.3, 0.4) is 0 Å². The summed E-state index contributed by atoms with van der Waals surface area (Å²) in [6.07, 6.45) is 4.63. The SMILES string of the molecule is COc1cc(OC)c(Cl)c(-c2cc3cnc(SC)nc3c(N3CCCOC3)n2)c1Cl. The molecular formula is C20H20Cl2N4O3S. The number of methoxy groups -OCH3 is 2. The van der Waals surface area contributed by atoms with Crippen LogP contribution in [-0.2, 0) is 4.74 Å². The molecule has 0 atom stereocenters. The summed E-state index contributed by atoms with van der Waals surface area (Å²) in [6.45, 7) is 1.98. The number of halogens is 2. The molecule has 1 aliphatic rings. The summed E-state index contributed by atoms with van der Waals surface area (Å²) in [6, 6.07) is 3.53. The predicted molar refractivity (Wildman–Crippen MR) is 120 cm³/mol. The maximum atomic E-state index is 6.64. The van der Waals surface area contributed by atoms with Crippen LogP contribution < -0.4 is 14.4 Å². The predicted octanol–water partition coefficient (Wildman–Crippen LogP) is 4.92. The van der Waals surface area contributed by atoms with Gasteiger partial charge in [0.1, 0.15) is 23.7 Å². The number of benzene rings is 1. The van der Waals surface area contributed by atoms with E-state index >= 15 is 0 Å². The molecule has 158 valence electrons. The van der Waals surface area contributed by atoms with Crippen molar-refractivity contribution in [3.63, 3.8) is 0 Å². The van der Waals surface area contributed by atoms with Gasteiger partial charge in [-0.2, -0.15) is 0 Å². The third-order valence-electron chi connectivity index (χ3n) is 4.80. The highest BCUT2D eigenvalue weighted by Crippen LogP contribution is 2.46. The van der Waals surface area contributed by atoms with Crippen LogP contribution in [0.5, 0.6) is 11.5 Å². The van der Waals surface area contributed by atoms with Crippen molar-refractivity contribution >= 4 is 51.7 Å². The van der Waals surface area contributed by atoms with E-state index in [-0.39, 0.29) is 0 Å². The summed E-state index contributed by atoms with van der Waals surface area (Å²) in [7, 11) is 3.08. The minimum Gasteiger partial charge on any atom is -0.495 e. The summed E-state index contributed by atoms with van der Waals surface area (Å²) >= 11 is 14.8. The van der Waals surface area contributed by atoms with Crippen molar-refractivity contribution in [2.24, 2.45) is 0 Å². The first-order chi connectivity index (χ1) is 14.6. The van der Waals surface area contributed by atoms with Gasteiger partial charge in [-0.1, -0.05) is 35.0 Å². The van der Waals surface area contributed by atoms with Crippen molar-refractivity contribution in [3.8, 4) is 22.8 Å². The molecular weight excluding hydrogens is 447 g/mol. The largest absolute Gasteiger partial charge is 0.495 e. The van der Waals surface area contributed by atoms with Gasteiger partial charge in [0, 0.05) is 29.8 Å². The quantitative estimate of drug-likeness (QED) is 0.387. The van der Waals surface area contributed by atoms with Crippen molar-refractivity contribution in [3.05, 3.63) is 28.4 Å². The average Bonchev–Trinajstić information content (AvgIpc) is 2.79. The van der Waals surface area contributed by atoms with Gasteiger partial charge in [0.25, 0.3) is 0 Å². The molecule has 0 N–H and O–H groups in total. The maximum absolute atomic E-state index is 6.64. The Bertz CT molecular complexity index is 1070. The zero-order chi connectivity index (χ0) is 21.3. The third-order valence-corrected chi connectivity index (χ3v) is 6.11. The molecule has 1 aliphatic heterocycles. The molecule has 0 unspecified atom stereocenters. The first kappa shape index (κ1) is 21.2. The van der Waals surface area contributed by atoms with Gasteiger partial charge in [0.15, 0.2) is 11.0 Å². The van der Waals surface area contributed by atoms with Crippen LogP contribution in [0.2, 0.25) is 10.0 Å². The summed E-state index contributed by atoms with van der Waals surface area (Å²) in [5.74, 6) is 1.60. The van der Waals surface area contributed by atoms with Gasteiger partial charge in [-0.05, 0) is 18.7 Å². The lowest BCUT2D eigenvalue weighted by molar-refractivity contribution is 0.107. The fourth-order valence-electron chi connectivity index (χ4n) is 3.33. The molecule has 3 heterocycles. The van der Waals surface area contributed by atoms with E-state index in [1.807, 2.05) is 12.3 Å². The maximum Gasteiger partial charge on any atom is 0.187 e. The molecule has 1 fully saturated rings. The molecule has 0 bridgehead atoms. The van der Waals surface area contributed by atoms with Gasteiger partial charge >= 0.3 is 0 Å². The molecule has 1 aromatic carbocycles. The first-order valence-corrected chi connectivity index (χ1v) is 11.2. The zero-order valence-corrected chi connectivity index (χ0v) is 19.1. The van der Waals surface area contributed by atoms with E-state index in [0.29, 0.717) is 50.5 Å². The lowest BCUT2D eigenvalue weighted by Gasteiger charge is -2.28. The second kappa shape index (κ2) is 9.01. The number of nitrogens with zero attached hydrogens (tertiary/aromatic N) is 4. The van der Waals surface area contributed by atoms with Crippen LogP contribution >= 0.6 is 35.0 Å². The van der Waals surface area contributed by atoms with Crippen molar-refractivity contribution in [2.45, 2.75) is 11.6 Å². The van der Waals surface area contributed by atoms with E-state index in [9.17, 15) is 0 Å². The summed E-state index contributed by atoms with van der Waals surface area (Å²) in [5.41, 5.74) is 1.87. The average molecular weight is 467 g/mol. The molecule has 1 saturated heterocycles. The Morgan fingerprint density at radius 1 is 1.10 bits per heavy atom. The number of hydrogen-bond donors (Lipinski definition) is 0. The second-order valence-corrected chi connectivity index (χ2v) is 8.09. The highest BCUT2D eigenvalue weighted by atomic mass is 35.5. The van der Waals surface area contributed by atoms with Gasteiger partial charge < -0.3 is 19.1 Å². The van der Waals surface area contributed by atoms with E-state index in [0.717, 1.165) is 30.5 Å². The highest BCUT2D eigenvalue weighted by molar-refractivity contribution is 7.98. The Morgan fingerprint density at radius 2 is 1.83 bits per heavy atom. The molecule has 0 spiro atoms. The van der Waals surface area contributed by atoms with Crippen LogP contribution in [0.4, 0.5) is 5.82 Å². The number of rotatable bonds is 5. The Hall–Kier alpha value is -2.00.